The molecule has 1 aliphatic heterocycles. The van der Waals surface area contributed by atoms with Gasteiger partial charge in [0.15, 0.2) is 0 Å². The lowest BCUT2D eigenvalue weighted by Crippen LogP contribution is -2.32. The molecule has 86 valence electrons. The average Bonchev–Trinajstić information content (AvgIpc) is 2.40. The van der Waals surface area contributed by atoms with E-state index < -0.39 is 0 Å². The predicted octanol–water partition coefficient (Wildman–Crippen LogP) is 1.62. The number of hydrogen-bond acceptors (Lipinski definition) is 4. The molecule has 17 heavy (non-hydrogen) atoms. The molecule has 0 saturated heterocycles. The van der Waals surface area contributed by atoms with Crippen LogP contribution in [0.2, 0.25) is 0 Å². The van der Waals surface area contributed by atoms with Crippen LogP contribution < -0.4 is 10.6 Å². The summed E-state index contributed by atoms with van der Waals surface area (Å²) in [6.45, 7) is 1.74. The van der Waals surface area contributed by atoms with Gasteiger partial charge in [0, 0.05) is 31.2 Å². The minimum atomic E-state index is 0.779. The van der Waals surface area contributed by atoms with E-state index in [-0.39, 0.29) is 0 Å². The molecule has 0 aliphatic carbocycles. The standard InChI is InChI=1S/C13H14N4/c14-12-4-1-3-10-5-8-17(9-11(10)12)13-15-6-2-7-16-13/h1-4,6-7H,5,8-9,14H2. The molecule has 4 nitrogen and oxygen atoms in total. The van der Waals surface area contributed by atoms with Crippen LogP contribution in [0.25, 0.3) is 0 Å². The van der Waals surface area contributed by atoms with E-state index in [1.165, 1.54) is 11.1 Å². The first-order chi connectivity index (χ1) is 8.34. The number of aromatic nitrogens is 2. The van der Waals surface area contributed by atoms with E-state index in [2.05, 4.69) is 20.9 Å². The quantitative estimate of drug-likeness (QED) is 0.751. The molecule has 2 N–H and O–H groups in total. The van der Waals surface area contributed by atoms with E-state index in [0.29, 0.717) is 0 Å². The largest absolute Gasteiger partial charge is 0.398 e. The third-order valence-electron chi connectivity index (χ3n) is 3.14. The third kappa shape index (κ3) is 1.82. The van der Waals surface area contributed by atoms with E-state index in [1.807, 2.05) is 18.2 Å². The van der Waals surface area contributed by atoms with Crippen molar-refractivity contribution < 1.29 is 0 Å². The zero-order chi connectivity index (χ0) is 11.7. The second-order valence-corrected chi connectivity index (χ2v) is 4.21. The molecule has 4 heteroatoms. The lowest BCUT2D eigenvalue weighted by atomic mass is 9.98. The maximum atomic E-state index is 6.01. The molecule has 0 unspecified atom stereocenters. The summed E-state index contributed by atoms with van der Waals surface area (Å²) in [7, 11) is 0. The summed E-state index contributed by atoms with van der Waals surface area (Å²) in [6.07, 6.45) is 4.54. The van der Waals surface area contributed by atoms with E-state index in [4.69, 9.17) is 5.73 Å². The van der Waals surface area contributed by atoms with E-state index in [1.54, 1.807) is 12.4 Å². The Morgan fingerprint density at radius 2 is 1.94 bits per heavy atom. The maximum Gasteiger partial charge on any atom is 0.225 e. The zero-order valence-electron chi connectivity index (χ0n) is 9.50. The SMILES string of the molecule is Nc1cccc2c1CN(c1ncccn1)CC2. The highest BCUT2D eigenvalue weighted by molar-refractivity contribution is 5.54. The van der Waals surface area contributed by atoms with Gasteiger partial charge in [-0.25, -0.2) is 9.97 Å². The van der Waals surface area contributed by atoms with E-state index in [0.717, 1.165) is 31.1 Å². The first-order valence-corrected chi connectivity index (χ1v) is 5.73. The number of nitrogens with zero attached hydrogens (tertiary/aromatic N) is 3. The van der Waals surface area contributed by atoms with Crippen molar-refractivity contribution in [2.24, 2.45) is 0 Å². The summed E-state index contributed by atoms with van der Waals surface area (Å²) in [5, 5.41) is 0. The van der Waals surface area contributed by atoms with Gasteiger partial charge in [-0.3, -0.25) is 0 Å². The van der Waals surface area contributed by atoms with Gasteiger partial charge in [0.1, 0.15) is 0 Å². The van der Waals surface area contributed by atoms with Gasteiger partial charge < -0.3 is 10.6 Å². The highest BCUT2D eigenvalue weighted by Crippen LogP contribution is 2.25. The fourth-order valence-corrected chi connectivity index (χ4v) is 2.23. The topological polar surface area (TPSA) is 55.0 Å². The summed E-state index contributed by atoms with van der Waals surface area (Å²) in [5.41, 5.74) is 9.44. The monoisotopic (exact) mass is 226 g/mol. The second kappa shape index (κ2) is 4.05. The van der Waals surface area contributed by atoms with Gasteiger partial charge in [0.05, 0.1) is 0 Å². The molecule has 0 spiro atoms. The van der Waals surface area contributed by atoms with Crippen LogP contribution in [-0.2, 0) is 13.0 Å². The summed E-state index contributed by atoms with van der Waals surface area (Å²) < 4.78 is 0. The normalized spacial score (nSPS) is 14.5. The maximum absolute atomic E-state index is 6.01. The van der Waals surface area contributed by atoms with Crippen LogP contribution in [0.5, 0.6) is 0 Å². The Hall–Kier alpha value is -2.10. The van der Waals surface area contributed by atoms with E-state index in [9.17, 15) is 0 Å². The second-order valence-electron chi connectivity index (χ2n) is 4.21. The van der Waals surface area contributed by atoms with Crippen LogP contribution in [0, 0.1) is 0 Å². The van der Waals surface area contributed by atoms with Crippen molar-refractivity contribution in [1.82, 2.24) is 9.97 Å². The molecule has 1 aromatic heterocycles. The Labute approximate surface area is 100 Å². The Morgan fingerprint density at radius 3 is 2.76 bits per heavy atom. The van der Waals surface area contributed by atoms with Crippen molar-refractivity contribution in [2.45, 2.75) is 13.0 Å². The van der Waals surface area contributed by atoms with Crippen LogP contribution in [0.15, 0.2) is 36.7 Å². The van der Waals surface area contributed by atoms with Gasteiger partial charge in [0.2, 0.25) is 5.95 Å². The van der Waals surface area contributed by atoms with Crippen molar-refractivity contribution in [3.63, 3.8) is 0 Å². The van der Waals surface area contributed by atoms with Crippen molar-refractivity contribution in [1.29, 1.82) is 0 Å². The van der Waals surface area contributed by atoms with Gasteiger partial charge in [-0.1, -0.05) is 12.1 Å². The molecule has 0 radical (unpaired) electrons. The Morgan fingerprint density at radius 1 is 1.12 bits per heavy atom. The zero-order valence-corrected chi connectivity index (χ0v) is 9.50. The summed E-state index contributed by atoms with van der Waals surface area (Å²) >= 11 is 0. The number of nitrogens with two attached hydrogens (primary N) is 1. The summed E-state index contributed by atoms with van der Waals surface area (Å²) in [4.78, 5) is 10.7. The van der Waals surface area contributed by atoms with Crippen molar-refractivity contribution in [2.75, 3.05) is 17.2 Å². The smallest absolute Gasteiger partial charge is 0.225 e. The molecular weight excluding hydrogens is 212 g/mol. The predicted molar refractivity (Wildman–Crippen MR) is 67.6 cm³/mol. The molecule has 2 aromatic rings. The molecule has 1 aliphatic rings. The molecular formula is C13H14N4. The highest BCUT2D eigenvalue weighted by atomic mass is 15.2. The number of rotatable bonds is 1. The lowest BCUT2D eigenvalue weighted by molar-refractivity contribution is 0.709. The third-order valence-corrected chi connectivity index (χ3v) is 3.14. The van der Waals surface area contributed by atoms with Crippen LogP contribution in [0.3, 0.4) is 0 Å². The number of anilines is 2. The van der Waals surface area contributed by atoms with Gasteiger partial charge in [0.25, 0.3) is 0 Å². The fourth-order valence-electron chi connectivity index (χ4n) is 2.23. The number of nitrogen functional groups attached to an aromatic ring is 1. The molecule has 3 rings (SSSR count). The number of hydrogen-bond donors (Lipinski definition) is 1. The molecule has 0 saturated carbocycles. The first kappa shape index (κ1) is 10.1. The van der Waals surface area contributed by atoms with Gasteiger partial charge in [-0.15, -0.1) is 0 Å². The molecule has 0 bridgehead atoms. The van der Waals surface area contributed by atoms with Crippen molar-refractivity contribution in [3.05, 3.63) is 47.8 Å². The Kier molecular flexibility index (Phi) is 2.40. The van der Waals surface area contributed by atoms with Crippen molar-refractivity contribution >= 4 is 11.6 Å². The lowest BCUT2D eigenvalue weighted by Gasteiger charge is -2.29. The van der Waals surface area contributed by atoms with E-state index >= 15 is 0 Å². The number of fused-ring (bicyclic) bond motifs is 1. The van der Waals surface area contributed by atoms with Crippen LogP contribution in [0.4, 0.5) is 11.6 Å². The minimum absolute atomic E-state index is 0.779. The van der Waals surface area contributed by atoms with Gasteiger partial charge >= 0.3 is 0 Å². The summed E-state index contributed by atoms with van der Waals surface area (Å²) in [5.74, 6) is 0.779. The average molecular weight is 226 g/mol. The Bertz CT molecular complexity index is 524. The Balaban J connectivity index is 1.93. The summed E-state index contributed by atoms with van der Waals surface area (Å²) in [6, 6.07) is 7.95. The molecule has 0 amide bonds. The number of benzene rings is 1. The molecule has 2 heterocycles. The molecule has 0 fully saturated rings. The van der Waals surface area contributed by atoms with Crippen molar-refractivity contribution in [3.8, 4) is 0 Å². The van der Waals surface area contributed by atoms with Gasteiger partial charge in [-0.05, 0) is 29.7 Å². The van der Waals surface area contributed by atoms with Crippen LogP contribution in [-0.4, -0.2) is 16.5 Å². The fraction of sp³-hybridized carbons (Fsp3) is 0.231. The first-order valence-electron chi connectivity index (χ1n) is 5.73. The molecule has 0 atom stereocenters. The van der Waals surface area contributed by atoms with Crippen LogP contribution >= 0.6 is 0 Å². The molecule has 1 aromatic carbocycles. The highest BCUT2D eigenvalue weighted by Gasteiger charge is 2.19. The van der Waals surface area contributed by atoms with Gasteiger partial charge in [-0.2, -0.15) is 0 Å². The minimum Gasteiger partial charge on any atom is -0.398 e. The van der Waals surface area contributed by atoms with Crippen LogP contribution in [0.1, 0.15) is 11.1 Å².